The Hall–Kier alpha value is -0.610. The van der Waals surface area contributed by atoms with Gasteiger partial charge < -0.3 is 20.3 Å². The van der Waals surface area contributed by atoms with Gasteiger partial charge in [0.25, 0.3) is 0 Å². The Labute approximate surface area is 157 Å². The summed E-state index contributed by atoms with van der Waals surface area (Å²) in [6.45, 7) is 8.56. The number of hydrogen-bond donors (Lipinski definition) is 2. The molecule has 8 heteroatoms. The summed E-state index contributed by atoms with van der Waals surface area (Å²) in [6, 6.07) is 0. The van der Waals surface area contributed by atoms with Crippen LogP contribution in [0.15, 0.2) is 4.99 Å². The third-order valence-electron chi connectivity index (χ3n) is 3.52. The minimum atomic E-state index is 0. The van der Waals surface area contributed by atoms with Crippen molar-refractivity contribution in [3.63, 3.8) is 0 Å². The number of nitrogens with zero attached hydrogens (tertiary/aromatic N) is 3. The molecule has 1 aliphatic rings. The van der Waals surface area contributed by atoms with Crippen molar-refractivity contribution < 1.29 is 9.53 Å². The number of morpholine rings is 1. The lowest BCUT2D eigenvalue weighted by Crippen LogP contribution is -2.45. The smallest absolute Gasteiger partial charge is 0.243 e. The summed E-state index contributed by atoms with van der Waals surface area (Å²) in [7, 11) is 3.49. The monoisotopic (exact) mass is 441 g/mol. The van der Waals surface area contributed by atoms with Gasteiger partial charge in [-0.25, -0.2) is 4.99 Å². The Morgan fingerprint density at radius 3 is 2.48 bits per heavy atom. The molecule has 0 atom stereocenters. The van der Waals surface area contributed by atoms with Crippen molar-refractivity contribution in [3.05, 3.63) is 0 Å². The molecule has 0 aliphatic carbocycles. The van der Waals surface area contributed by atoms with Gasteiger partial charge in [0.2, 0.25) is 5.91 Å². The molecule has 0 unspecified atom stereocenters. The van der Waals surface area contributed by atoms with E-state index in [2.05, 4.69) is 27.4 Å². The molecule has 0 saturated carbocycles. The van der Waals surface area contributed by atoms with Crippen LogP contribution in [0.4, 0.5) is 0 Å². The average molecular weight is 441 g/mol. The summed E-state index contributed by atoms with van der Waals surface area (Å²) in [5.41, 5.74) is 0. The first-order valence-corrected chi connectivity index (χ1v) is 8.16. The van der Waals surface area contributed by atoms with E-state index in [0.29, 0.717) is 0 Å². The first kappa shape index (κ1) is 22.4. The fourth-order valence-electron chi connectivity index (χ4n) is 2.00. The molecule has 1 amide bonds. The quantitative estimate of drug-likeness (QED) is 0.247. The summed E-state index contributed by atoms with van der Waals surface area (Å²) in [4.78, 5) is 19.9. The zero-order chi connectivity index (χ0) is 16.2. The molecule has 0 aromatic carbocycles. The van der Waals surface area contributed by atoms with E-state index in [4.69, 9.17) is 4.74 Å². The molecule has 0 radical (unpaired) electrons. The van der Waals surface area contributed by atoms with Crippen LogP contribution in [0.5, 0.6) is 0 Å². The molecule has 2 N–H and O–H groups in total. The van der Waals surface area contributed by atoms with Gasteiger partial charge in [-0.05, 0) is 6.42 Å². The van der Waals surface area contributed by atoms with Gasteiger partial charge in [-0.1, -0.05) is 13.3 Å². The predicted molar refractivity (Wildman–Crippen MR) is 105 cm³/mol. The maximum Gasteiger partial charge on any atom is 0.243 e. The summed E-state index contributed by atoms with van der Waals surface area (Å²) >= 11 is 0. The fraction of sp³-hybridized carbons (Fsp3) is 0.867. The highest BCUT2D eigenvalue weighted by atomic mass is 127. The van der Waals surface area contributed by atoms with Crippen LogP contribution < -0.4 is 10.6 Å². The molecule has 1 aliphatic heterocycles. The van der Waals surface area contributed by atoms with E-state index in [1.807, 2.05) is 0 Å². The Morgan fingerprint density at radius 1 is 1.22 bits per heavy atom. The highest BCUT2D eigenvalue weighted by Gasteiger charge is 2.10. The van der Waals surface area contributed by atoms with Crippen molar-refractivity contribution in [2.45, 2.75) is 19.8 Å². The van der Waals surface area contributed by atoms with E-state index in [-0.39, 0.29) is 36.4 Å². The van der Waals surface area contributed by atoms with Crippen LogP contribution >= 0.6 is 24.0 Å². The maximum atomic E-state index is 11.6. The van der Waals surface area contributed by atoms with Gasteiger partial charge in [-0.2, -0.15) is 0 Å². The molecule has 7 nitrogen and oxygen atoms in total. The van der Waals surface area contributed by atoms with Gasteiger partial charge in [0, 0.05) is 46.8 Å². The number of rotatable bonds is 8. The minimum Gasteiger partial charge on any atom is -0.379 e. The van der Waals surface area contributed by atoms with Gasteiger partial charge in [0.15, 0.2) is 5.96 Å². The highest BCUT2D eigenvalue weighted by Crippen LogP contribution is 1.94. The first-order chi connectivity index (χ1) is 10.6. The molecule has 136 valence electrons. The number of nitrogens with one attached hydrogen (secondary N) is 2. The van der Waals surface area contributed by atoms with E-state index in [1.54, 1.807) is 19.0 Å². The van der Waals surface area contributed by atoms with Gasteiger partial charge in [-0.15, -0.1) is 24.0 Å². The van der Waals surface area contributed by atoms with Gasteiger partial charge >= 0.3 is 0 Å². The third kappa shape index (κ3) is 10.7. The van der Waals surface area contributed by atoms with Crippen LogP contribution in [-0.4, -0.2) is 88.2 Å². The zero-order valence-electron chi connectivity index (χ0n) is 14.6. The van der Waals surface area contributed by atoms with Gasteiger partial charge in [0.05, 0.1) is 13.2 Å². The fourth-order valence-corrected chi connectivity index (χ4v) is 2.00. The lowest BCUT2D eigenvalue weighted by Gasteiger charge is -2.26. The maximum absolute atomic E-state index is 11.6. The normalized spacial score (nSPS) is 15.7. The van der Waals surface area contributed by atoms with E-state index >= 15 is 0 Å². The highest BCUT2D eigenvalue weighted by molar-refractivity contribution is 14.0. The van der Waals surface area contributed by atoms with Crippen molar-refractivity contribution in [3.8, 4) is 0 Å². The Balaban J connectivity index is 0.00000484. The molecule has 1 fully saturated rings. The van der Waals surface area contributed by atoms with Crippen LogP contribution in [0.25, 0.3) is 0 Å². The first-order valence-electron chi connectivity index (χ1n) is 8.16. The van der Waals surface area contributed by atoms with Crippen molar-refractivity contribution in [2.24, 2.45) is 4.99 Å². The number of carbonyl (C=O) groups is 1. The van der Waals surface area contributed by atoms with Crippen molar-refractivity contribution in [2.75, 3.05) is 66.6 Å². The molecule has 23 heavy (non-hydrogen) atoms. The minimum absolute atomic E-state index is 0. The molecular weight excluding hydrogens is 409 g/mol. The van der Waals surface area contributed by atoms with Crippen LogP contribution in [-0.2, 0) is 9.53 Å². The average Bonchev–Trinajstić information content (AvgIpc) is 2.52. The Kier molecular flexibility index (Phi) is 13.4. The zero-order valence-corrected chi connectivity index (χ0v) is 17.0. The predicted octanol–water partition coefficient (Wildman–Crippen LogP) is 0.360. The standard InChI is InChI=1S/C15H31N5O2.HI/c1-4-5-6-16-15(18-13-14(21)19(2)3)17-7-8-20-9-11-22-12-10-20;/h4-13H2,1-3H3,(H2,16,17,18);1H. The van der Waals surface area contributed by atoms with E-state index in [0.717, 1.165) is 64.7 Å². The Bertz CT molecular complexity index is 347. The van der Waals surface area contributed by atoms with Crippen LogP contribution in [0.1, 0.15) is 19.8 Å². The molecule has 0 aromatic heterocycles. The molecule has 1 heterocycles. The summed E-state index contributed by atoms with van der Waals surface area (Å²) in [6.07, 6.45) is 2.22. The molecule has 0 spiro atoms. The summed E-state index contributed by atoms with van der Waals surface area (Å²) in [5.74, 6) is 0.724. The van der Waals surface area contributed by atoms with E-state index in [9.17, 15) is 4.79 Å². The largest absolute Gasteiger partial charge is 0.379 e. The number of amides is 1. The second-order valence-electron chi connectivity index (χ2n) is 5.61. The number of hydrogen-bond acceptors (Lipinski definition) is 4. The summed E-state index contributed by atoms with van der Waals surface area (Å²) < 4.78 is 5.34. The molecule has 1 saturated heterocycles. The number of ether oxygens (including phenoxy) is 1. The number of guanidine groups is 1. The van der Waals surface area contributed by atoms with Gasteiger partial charge in [-0.3, -0.25) is 9.69 Å². The lowest BCUT2D eigenvalue weighted by molar-refractivity contribution is -0.127. The van der Waals surface area contributed by atoms with Crippen molar-refractivity contribution in [1.82, 2.24) is 20.4 Å². The second-order valence-corrected chi connectivity index (χ2v) is 5.61. The molecular formula is C15H32IN5O2. The molecule has 0 aromatic rings. The molecule has 1 rings (SSSR count). The number of carbonyl (C=O) groups excluding carboxylic acids is 1. The van der Waals surface area contributed by atoms with Crippen LogP contribution in [0, 0.1) is 0 Å². The number of unbranched alkanes of at least 4 members (excludes halogenated alkanes) is 1. The number of aliphatic imine (C=N–C) groups is 1. The summed E-state index contributed by atoms with van der Waals surface area (Å²) in [5, 5.41) is 6.58. The number of likely N-dealkylation sites (N-methyl/N-ethyl adjacent to an activating group) is 1. The second kappa shape index (κ2) is 13.8. The Morgan fingerprint density at radius 2 is 1.87 bits per heavy atom. The van der Waals surface area contributed by atoms with Crippen molar-refractivity contribution >= 4 is 35.8 Å². The molecule has 0 bridgehead atoms. The topological polar surface area (TPSA) is 69.2 Å². The van der Waals surface area contributed by atoms with E-state index < -0.39 is 0 Å². The number of halogens is 1. The SMILES string of the molecule is CCCCNC(=NCC(=O)N(C)C)NCCN1CCOCC1.I. The lowest BCUT2D eigenvalue weighted by atomic mass is 10.3. The van der Waals surface area contributed by atoms with Gasteiger partial charge in [0.1, 0.15) is 6.54 Å². The van der Waals surface area contributed by atoms with Crippen molar-refractivity contribution in [1.29, 1.82) is 0 Å². The van der Waals surface area contributed by atoms with Crippen LogP contribution in [0.2, 0.25) is 0 Å². The van der Waals surface area contributed by atoms with Crippen LogP contribution in [0.3, 0.4) is 0 Å². The third-order valence-corrected chi connectivity index (χ3v) is 3.52. The van der Waals surface area contributed by atoms with E-state index in [1.165, 1.54) is 0 Å².